The second kappa shape index (κ2) is 10.5. The van der Waals surface area contributed by atoms with Gasteiger partial charge >= 0.3 is 0 Å². The van der Waals surface area contributed by atoms with Crippen molar-refractivity contribution in [3.05, 3.63) is 12.7 Å². The quantitative estimate of drug-likeness (QED) is 0.504. The Balaban J connectivity index is 2.39. The van der Waals surface area contributed by atoms with Gasteiger partial charge in [-0.3, -0.25) is 0 Å². The molecule has 0 amide bonds. The highest BCUT2D eigenvalue weighted by molar-refractivity contribution is 4.91. The predicted octanol–water partition coefficient (Wildman–Crippen LogP) is -0.682. The maximum Gasteiger partial charge on any atom is 0.0914 e. The van der Waals surface area contributed by atoms with E-state index in [1.807, 2.05) is 6.08 Å². The summed E-state index contributed by atoms with van der Waals surface area (Å²) in [7, 11) is 1.73. The maximum absolute atomic E-state index is 5.43. The van der Waals surface area contributed by atoms with Gasteiger partial charge < -0.3 is 26.0 Å². The van der Waals surface area contributed by atoms with Crippen LogP contribution in [-0.2, 0) is 4.74 Å². The van der Waals surface area contributed by atoms with E-state index in [-0.39, 0.29) is 12.1 Å². The third-order valence-corrected chi connectivity index (χ3v) is 3.16. The molecule has 0 bridgehead atoms. The van der Waals surface area contributed by atoms with Crippen LogP contribution in [0.3, 0.4) is 0 Å². The Kier molecular flexibility index (Phi) is 9.06. The van der Waals surface area contributed by atoms with Gasteiger partial charge in [0.2, 0.25) is 0 Å². The van der Waals surface area contributed by atoms with E-state index in [0.717, 1.165) is 45.8 Å². The molecule has 1 aliphatic heterocycles. The zero-order valence-electron chi connectivity index (χ0n) is 11.5. The van der Waals surface area contributed by atoms with Crippen molar-refractivity contribution in [2.45, 2.75) is 18.6 Å². The van der Waals surface area contributed by atoms with E-state index in [4.69, 9.17) is 4.74 Å². The first-order valence-corrected chi connectivity index (χ1v) is 6.89. The molecule has 1 saturated heterocycles. The molecule has 2 unspecified atom stereocenters. The van der Waals surface area contributed by atoms with E-state index in [9.17, 15) is 0 Å². The smallest absolute Gasteiger partial charge is 0.0914 e. The highest BCUT2D eigenvalue weighted by Gasteiger charge is 2.17. The second-order valence-corrected chi connectivity index (χ2v) is 4.55. The molecule has 0 aromatic heterocycles. The summed E-state index contributed by atoms with van der Waals surface area (Å²) in [4.78, 5) is 0. The Morgan fingerprint density at radius 1 is 1.06 bits per heavy atom. The van der Waals surface area contributed by atoms with Crippen LogP contribution in [-0.4, -0.2) is 65.1 Å². The number of methoxy groups -OCH3 is 1. The van der Waals surface area contributed by atoms with E-state index in [0.29, 0.717) is 0 Å². The van der Waals surface area contributed by atoms with Gasteiger partial charge in [-0.1, -0.05) is 6.08 Å². The Labute approximate surface area is 111 Å². The highest BCUT2D eigenvalue weighted by Crippen LogP contribution is 1.98. The average Bonchev–Trinajstić information content (AvgIpc) is 2.42. The minimum absolute atomic E-state index is 0.0515. The van der Waals surface area contributed by atoms with Crippen LogP contribution in [0, 0.1) is 0 Å². The van der Waals surface area contributed by atoms with Gasteiger partial charge in [0.15, 0.2) is 0 Å². The van der Waals surface area contributed by atoms with Crippen molar-refractivity contribution in [3.63, 3.8) is 0 Å². The first-order valence-electron chi connectivity index (χ1n) is 6.89. The number of rotatable bonds is 3. The van der Waals surface area contributed by atoms with Crippen LogP contribution in [0.2, 0.25) is 0 Å². The minimum atomic E-state index is 0.0515. The summed E-state index contributed by atoms with van der Waals surface area (Å²) in [6.45, 7) is 10.8. The Bertz CT molecular complexity index is 199. The SMILES string of the molecule is C=CC(OC)C1CNCCNCCCNCCN1. The molecule has 0 aromatic carbocycles. The number of hydrogen-bond donors (Lipinski definition) is 4. The summed E-state index contributed by atoms with van der Waals surface area (Å²) >= 11 is 0. The van der Waals surface area contributed by atoms with Crippen molar-refractivity contribution in [2.75, 3.05) is 52.9 Å². The topological polar surface area (TPSA) is 57.4 Å². The van der Waals surface area contributed by atoms with Crippen LogP contribution < -0.4 is 21.3 Å². The minimum Gasteiger partial charge on any atom is -0.376 e. The monoisotopic (exact) mass is 256 g/mol. The van der Waals surface area contributed by atoms with Gasteiger partial charge in [-0.2, -0.15) is 0 Å². The lowest BCUT2D eigenvalue weighted by molar-refractivity contribution is 0.105. The van der Waals surface area contributed by atoms with Crippen LogP contribution in [0.4, 0.5) is 0 Å². The first-order chi connectivity index (χ1) is 8.88. The van der Waals surface area contributed by atoms with Crippen LogP contribution in [0.5, 0.6) is 0 Å². The third kappa shape index (κ3) is 6.47. The van der Waals surface area contributed by atoms with Crippen LogP contribution in [0.15, 0.2) is 12.7 Å². The zero-order chi connectivity index (χ0) is 13.1. The molecule has 1 heterocycles. The molecule has 5 heteroatoms. The van der Waals surface area contributed by atoms with Gasteiger partial charge in [-0.25, -0.2) is 0 Å². The van der Waals surface area contributed by atoms with Crippen molar-refractivity contribution >= 4 is 0 Å². The highest BCUT2D eigenvalue weighted by atomic mass is 16.5. The summed E-state index contributed by atoms with van der Waals surface area (Å²) in [5, 5.41) is 13.8. The molecule has 106 valence electrons. The van der Waals surface area contributed by atoms with Gasteiger partial charge in [0, 0.05) is 45.9 Å². The Morgan fingerprint density at radius 2 is 1.72 bits per heavy atom. The van der Waals surface area contributed by atoms with Gasteiger partial charge in [0.05, 0.1) is 6.10 Å². The normalized spacial score (nSPS) is 26.4. The number of ether oxygens (including phenoxy) is 1. The third-order valence-electron chi connectivity index (χ3n) is 3.16. The van der Waals surface area contributed by atoms with Crippen LogP contribution in [0.1, 0.15) is 6.42 Å². The molecular weight excluding hydrogens is 228 g/mol. The number of nitrogens with one attached hydrogen (secondary N) is 4. The van der Waals surface area contributed by atoms with E-state index >= 15 is 0 Å². The van der Waals surface area contributed by atoms with E-state index < -0.39 is 0 Å². The first kappa shape index (κ1) is 15.6. The zero-order valence-corrected chi connectivity index (χ0v) is 11.5. The maximum atomic E-state index is 5.43. The second-order valence-electron chi connectivity index (χ2n) is 4.55. The van der Waals surface area contributed by atoms with E-state index in [1.165, 1.54) is 6.42 Å². The van der Waals surface area contributed by atoms with Gasteiger partial charge in [-0.05, 0) is 19.5 Å². The summed E-state index contributed by atoms with van der Waals surface area (Å²) in [6, 6.07) is 0.273. The predicted molar refractivity (Wildman–Crippen MR) is 76.0 cm³/mol. The number of hydrogen-bond acceptors (Lipinski definition) is 5. The lowest BCUT2D eigenvalue weighted by atomic mass is 10.1. The molecule has 18 heavy (non-hydrogen) atoms. The standard InChI is InChI=1S/C13H28N4O/c1-3-13(18-2)12-11-16-8-7-14-5-4-6-15-9-10-17-12/h3,12-17H,1,4-11H2,2H3. The molecule has 0 saturated carbocycles. The average molecular weight is 256 g/mol. The van der Waals surface area contributed by atoms with Crippen LogP contribution >= 0.6 is 0 Å². The summed E-state index contributed by atoms with van der Waals surface area (Å²) in [5.74, 6) is 0. The Hall–Kier alpha value is -0.460. The van der Waals surface area contributed by atoms with Crippen molar-refractivity contribution in [3.8, 4) is 0 Å². The lowest BCUT2D eigenvalue weighted by Gasteiger charge is -2.25. The van der Waals surface area contributed by atoms with Crippen molar-refractivity contribution in [2.24, 2.45) is 0 Å². The molecule has 4 N–H and O–H groups in total. The molecular formula is C13H28N4O. The lowest BCUT2D eigenvalue weighted by Crippen LogP contribution is -2.49. The van der Waals surface area contributed by atoms with E-state index in [2.05, 4.69) is 27.8 Å². The largest absolute Gasteiger partial charge is 0.376 e. The molecule has 1 rings (SSSR count). The summed E-state index contributed by atoms with van der Waals surface area (Å²) < 4.78 is 5.43. The molecule has 0 spiro atoms. The van der Waals surface area contributed by atoms with Gasteiger partial charge in [-0.15, -0.1) is 6.58 Å². The fourth-order valence-corrected chi connectivity index (χ4v) is 2.10. The molecule has 1 aliphatic rings. The molecule has 0 aromatic rings. The fourth-order valence-electron chi connectivity index (χ4n) is 2.10. The Morgan fingerprint density at radius 3 is 2.39 bits per heavy atom. The van der Waals surface area contributed by atoms with Crippen LogP contribution in [0.25, 0.3) is 0 Å². The fraction of sp³-hybridized carbons (Fsp3) is 0.846. The molecule has 1 fully saturated rings. The molecule has 0 radical (unpaired) electrons. The summed E-state index contributed by atoms with van der Waals surface area (Å²) in [6.07, 6.45) is 3.09. The van der Waals surface area contributed by atoms with Gasteiger partial charge in [0.1, 0.15) is 0 Å². The molecule has 5 nitrogen and oxygen atoms in total. The van der Waals surface area contributed by atoms with Crippen molar-refractivity contribution in [1.82, 2.24) is 21.3 Å². The van der Waals surface area contributed by atoms with E-state index in [1.54, 1.807) is 7.11 Å². The van der Waals surface area contributed by atoms with Gasteiger partial charge in [0.25, 0.3) is 0 Å². The summed E-state index contributed by atoms with van der Waals surface area (Å²) in [5.41, 5.74) is 0. The van der Waals surface area contributed by atoms with Crippen molar-refractivity contribution < 1.29 is 4.74 Å². The van der Waals surface area contributed by atoms with Crippen molar-refractivity contribution in [1.29, 1.82) is 0 Å². The molecule has 2 atom stereocenters. The molecule has 0 aliphatic carbocycles.